The second-order valence-electron chi connectivity index (χ2n) is 9.66. The number of ether oxygens (including phenoxy) is 1. The van der Waals surface area contributed by atoms with E-state index in [0.717, 1.165) is 24.3 Å². The second kappa shape index (κ2) is 9.77. The van der Waals surface area contributed by atoms with E-state index in [4.69, 9.17) is 4.74 Å². The Morgan fingerprint density at radius 1 is 1.06 bits per heavy atom. The predicted octanol–water partition coefficient (Wildman–Crippen LogP) is 4.93. The summed E-state index contributed by atoms with van der Waals surface area (Å²) in [6, 6.07) is 10.6. The predicted molar refractivity (Wildman–Crippen MR) is 136 cm³/mol. The second-order valence-corrected chi connectivity index (χ2v) is 9.66. The highest BCUT2D eigenvalue weighted by Crippen LogP contribution is 2.32. The van der Waals surface area contributed by atoms with Crippen molar-refractivity contribution in [2.45, 2.75) is 45.6 Å². The number of nitrogens with zero attached hydrogens (tertiary/aromatic N) is 5. The van der Waals surface area contributed by atoms with Crippen LogP contribution in [0.4, 0.5) is 4.39 Å². The minimum absolute atomic E-state index is 0.0709. The third-order valence-corrected chi connectivity index (χ3v) is 6.87. The van der Waals surface area contributed by atoms with Gasteiger partial charge in [0.2, 0.25) is 0 Å². The fourth-order valence-electron chi connectivity index (χ4n) is 5.01. The summed E-state index contributed by atoms with van der Waals surface area (Å²) in [5, 5.41) is 9.09. The van der Waals surface area contributed by atoms with Crippen molar-refractivity contribution in [1.29, 1.82) is 0 Å². The third kappa shape index (κ3) is 4.55. The topological polar surface area (TPSA) is 65.2 Å². The molecule has 1 saturated heterocycles. The number of rotatable bonds is 7. The fourth-order valence-corrected chi connectivity index (χ4v) is 5.01. The zero-order valence-electron chi connectivity index (χ0n) is 20.6. The average molecular weight is 478 g/mol. The highest BCUT2D eigenvalue weighted by atomic mass is 19.1. The first-order valence-corrected chi connectivity index (χ1v) is 12.5. The molecule has 8 heteroatoms. The lowest BCUT2D eigenvalue weighted by molar-refractivity contribution is 0.205. The Morgan fingerprint density at radius 2 is 1.80 bits per heavy atom. The normalized spacial score (nSPS) is 14.9. The molecule has 0 atom stereocenters. The molecule has 0 radical (unpaired) electrons. The van der Waals surface area contributed by atoms with E-state index in [1.165, 1.54) is 43.0 Å². The van der Waals surface area contributed by atoms with Gasteiger partial charge in [0.25, 0.3) is 0 Å². The number of piperidine rings is 1. The molecule has 5 rings (SSSR count). The van der Waals surface area contributed by atoms with Crippen molar-refractivity contribution in [1.82, 2.24) is 24.2 Å². The monoisotopic (exact) mass is 477 g/mol. The number of benzene rings is 2. The van der Waals surface area contributed by atoms with Gasteiger partial charge in [0.15, 0.2) is 5.65 Å². The van der Waals surface area contributed by atoms with Crippen LogP contribution in [0.3, 0.4) is 0 Å². The molecule has 4 aromatic rings. The fraction of sp³-hybridized carbons (Fsp3) is 0.444. The first kappa shape index (κ1) is 23.5. The maximum Gasteiger partial charge on any atom is 0.330 e. The number of aryl methyl sites for hydroxylation is 1. The Labute approximate surface area is 204 Å². The van der Waals surface area contributed by atoms with Crippen molar-refractivity contribution in [3.63, 3.8) is 0 Å². The van der Waals surface area contributed by atoms with E-state index in [-0.39, 0.29) is 17.5 Å². The van der Waals surface area contributed by atoms with Crippen molar-refractivity contribution in [2.75, 3.05) is 26.2 Å². The molecule has 3 heterocycles. The van der Waals surface area contributed by atoms with Gasteiger partial charge in [-0.3, -0.25) is 9.13 Å². The van der Waals surface area contributed by atoms with E-state index < -0.39 is 0 Å². The molecule has 0 spiro atoms. The molecule has 1 aliphatic rings. The van der Waals surface area contributed by atoms with Crippen LogP contribution in [0.5, 0.6) is 5.75 Å². The van der Waals surface area contributed by atoms with E-state index in [2.05, 4.69) is 15.1 Å². The van der Waals surface area contributed by atoms with Gasteiger partial charge in [-0.2, -0.15) is 0 Å². The van der Waals surface area contributed by atoms with E-state index in [1.54, 1.807) is 17.7 Å². The van der Waals surface area contributed by atoms with E-state index >= 15 is 4.39 Å². The molecule has 0 aliphatic carbocycles. The third-order valence-electron chi connectivity index (χ3n) is 6.87. The Balaban J connectivity index is 1.40. The zero-order chi connectivity index (χ0) is 24.5. The maximum atomic E-state index is 15.1. The number of imidazole rings is 1. The van der Waals surface area contributed by atoms with Crippen LogP contribution in [0.2, 0.25) is 0 Å². The summed E-state index contributed by atoms with van der Waals surface area (Å²) in [5.74, 6) is 0.397. The van der Waals surface area contributed by atoms with Crippen molar-refractivity contribution in [2.24, 2.45) is 7.05 Å². The van der Waals surface area contributed by atoms with Crippen LogP contribution in [0.1, 0.15) is 45.6 Å². The van der Waals surface area contributed by atoms with Gasteiger partial charge in [-0.05, 0) is 70.0 Å². The molecule has 2 aromatic heterocycles. The summed E-state index contributed by atoms with van der Waals surface area (Å²) in [6.07, 6.45) is 4.93. The average Bonchev–Trinajstić information content (AvgIpc) is 3.13. The highest BCUT2D eigenvalue weighted by molar-refractivity contribution is 6.02. The van der Waals surface area contributed by atoms with E-state index in [1.807, 2.05) is 38.1 Å². The molecule has 0 unspecified atom stereocenters. The van der Waals surface area contributed by atoms with Crippen LogP contribution < -0.4 is 10.4 Å². The van der Waals surface area contributed by atoms with Crippen LogP contribution in [0, 0.1) is 5.82 Å². The summed E-state index contributed by atoms with van der Waals surface area (Å²) >= 11 is 0. The maximum absolute atomic E-state index is 15.1. The molecule has 7 nitrogen and oxygen atoms in total. The lowest BCUT2D eigenvalue weighted by atomic mass is 10.0. The molecule has 184 valence electrons. The molecule has 1 fully saturated rings. The SMILES string of the molecule is CC(C)n1c(=O)n(C)c2nnc3cc(F)c(-c4ccc(OCCCN5CCCCC5)cc4)cc3c21. The Bertz CT molecular complexity index is 1400. The van der Waals surface area contributed by atoms with Crippen molar-refractivity contribution in [3.8, 4) is 16.9 Å². The molecule has 0 bridgehead atoms. The minimum atomic E-state index is -0.379. The minimum Gasteiger partial charge on any atom is -0.494 e. The standard InChI is InChI=1S/C27H32FN5O2/c1-18(2)33-25-22-16-21(23(28)17-24(22)29-30-26(25)31(3)27(33)34)19-8-10-20(11-9-19)35-15-7-14-32-12-5-4-6-13-32/h8-11,16-18H,4-7,12-15H2,1-3H3. The summed E-state index contributed by atoms with van der Waals surface area (Å²) in [7, 11) is 1.68. The van der Waals surface area contributed by atoms with Gasteiger partial charge in [-0.25, -0.2) is 9.18 Å². The zero-order valence-corrected chi connectivity index (χ0v) is 20.6. The van der Waals surface area contributed by atoms with Crippen LogP contribution in [-0.4, -0.2) is 50.5 Å². The van der Waals surface area contributed by atoms with Crippen LogP contribution in [0.15, 0.2) is 41.2 Å². The first-order chi connectivity index (χ1) is 16.9. The molecule has 0 saturated carbocycles. The molecule has 0 amide bonds. The lowest BCUT2D eigenvalue weighted by Gasteiger charge is -2.26. The van der Waals surface area contributed by atoms with Crippen LogP contribution in [-0.2, 0) is 7.05 Å². The van der Waals surface area contributed by atoms with Gasteiger partial charge < -0.3 is 9.64 Å². The number of aromatic nitrogens is 4. The van der Waals surface area contributed by atoms with Gasteiger partial charge in [-0.1, -0.05) is 18.6 Å². The van der Waals surface area contributed by atoms with Gasteiger partial charge in [0.1, 0.15) is 17.1 Å². The van der Waals surface area contributed by atoms with Gasteiger partial charge in [0.05, 0.1) is 12.1 Å². The molecular formula is C27H32FN5O2. The summed E-state index contributed by atoms with van der Waals surface area (Å²) < 4.78 is 24.2. The van der Waals surface area contributed by atoms with E-state index in [0.29, 0.717) is 34.2 Å². The van der Waals surface area contributed by atoms with Gasteiger partial charge >= 0.3 is 5.69 Å². The van der Waals surface area contributed by atoms with Gasteiger partial charge in [-0.15, -0.1) is 10.2 Å². The lowest BCUT2D eigenvalue weighted by Crippen LogP contribution is -2.31. The Morgan fingerprint density at radius 3 is 2.51 bits per heavy atom. The molecular weight excluding hydrogens is 445 g/mol. The quantitative estimate of drug-likeness (QED) is 0.353. The smallest absolute Gasteiger partial charge is 0.330 e. The first-order valence-electron chi connectivity index (χ1n) is 12.5. The summed E-state index contributed by atoms with van der Waals surface area (Å²) in [6.45, 7) is 8.02. The van der Waals surface area contributed by atoms with Gasteiger partial charge in [0, 0.05) is 36.7 Å². The molecule has 0 N–H and O–H groups in total. The number of halogens is 1. The number of fused-ring (bicyclic) bond motifs is 3. The number of hydrogen-bond donors (Lipinski definition) is 0. The Hall–Kier alpha value is -3.26. The van der Waals surface area contributed by atoms with Crippen molar-refractivity contribution < 1.29 is 9.13 Å². The number of hydrogen-bond acceptors (Lipinski definition) is 5. The summed E-state index contributed by atoms with van der Waals surface area (Å²) in [5.41, 5.74) is 2.62. The van der Waals surface area contributed by atoms with Crippen LogP contribution in [0.25, 0.3) is 33.2 Å². The molecule has 2 aromatic carbocycles. The highest BCUT2D eigenvalue weighted by Gasteiger charge is 2.20. The molecule has 35 heavy (non-hydrogen) atoms. The summed E-state index contributed by atoms with van der Waals surface area (Å²) in [4.78, 5) is 15.3. The Kier molecular flexibility index (Phi) is 6.56. The van der Waals surface area contributed by atoms with E-state index in [9.17, 15) is 4.79 Å². The van der Waals surface area contributed by atoms with Crippen molar-refractivity contribution >= 4 is 22.1 Å². The molecule has 1 aliphatic heterocycles. The van der Waals surface area contributed by atoms with Crippen molar-refractivity contribution in [3.05, 3.63) is 52.7 Å². The largest absolute Gasteiger partial charge is 0.494 e. The van der Waals surface area contributed by atoms with Crippen LogP contribution >= 0.6 is 0 Å². The number of likely N-dealkylation sites (tertiary alicyclic amines) is 1.